The van der Waals surface area contributed by atoms with Gasteiger partial charge in [-0.1, -0.05) is 66.2 Å². The Bertz CT molecular complexity index is 1630. The topological polar surface area (TPSA) is 74.6 Å². The second-order valence-corrected chi connectivity index (χ2v) is 10.8. The lowest BCUT2D eigenvalue weighted by molar-refractivity contribution is 0.180. The smallest absolute Gasteiger partial charge is 0.321 e. The average molecular weight is 590 g/mol. The van der Waals surface area contributed by atoms with Crippen molar-refractivity contribution >= 4 is 61.5 Å². The van der Waals surface area contributed by atoms with Crippen molar-refractivity contribution in [2.45, 2.75) is 12.8 Å². The number of nitrogens with zero attached hydrogens (tertiary/aromatic N) is 4. The SMILES string of the molecule is O=C(Nc1cccc2ccccc12)N1CCCC(CNc2cc(-c3ccccc3Cl)nc3c(Br)cnn23)C1. The van der Waals surface area contributed by atoms with E-state index in [1.807, 2.05) is 65.6 Å². The number of carbonyl (C=O) groups is 1. The first-order valence-electron chi connectivity index (χ1n) is 12.6. The molecule has 2 N–H and O–H groups in total. The number of hydrogen-bond donors (Lipinski definition) is 2. The molecule has 1 fully saturated rings. The Morgan fingerprint density at radius 3 is 2.79 bits per heavy atom. The lowest BCUT2D eigenvalue weighted by atomic mass is 9.98. The number of piperidine rings is 1. The number of rotatable bonds is 5. The molecule has 5 aromatic rings. The highest BCUT2D eigenvalue weighted by Gasteiger charge is 2.24. The second kappa shape index (κ2) is 10.6. The molecule has 0 bridgehead atoms. The first kappa shape index (κ1) is 24.7. The number of hydrogen-bond acceptors (Lipinski definition) is 4. The summed E-state index contributed by atoms with van der Waals surface area (Å²) < 4.78 is 2.60. The summed E-state index contributed by atoms with van der Waals surface area (Å²) >= 11 is 10.0. The van der Waals surface area contributed by atoms with Crippen molar-refractivity contribution in [1.29, 1.82) is 0 Å². The molecule has 1 atom stereocenters. The molecule has 0 aliphatic carbocycles. The molecule has 3 aromatic carbocycles. The van der Waals surface area contributed by atoms with E-state index in [0.29, 0.717) is 29.7 Å². The molecule has 2 amide bonds. The summed E-state index contributed by atoms with van der Waals surface area (Å²) in [6.07, 6.45) is 3.74. The van der Waals surface area contributed by atoms with Gasteiger partial charge >= 0.3 is 6.03 Å². The van der Waals surface area contributed by atoms with E-state index < -0.39 is 0 Å². The highest BCUT2D eigenvalue weighted by atomic mass is 79.9. The van der Waals surface area contributed by atoms with Crippen molar-refractivity contribution in [3.8, 4) is 11.3 Å². The van der Waals surface area contributed by atoms with Crippen LogP contribution in [-0.4, -0.2) is 45.2 Å². The minimum atomic E-state index is -0.0608. The number of urea groups is 1. The van der Waals surface area contributed by atoms with E-state index in [-0.39, 0.29) is 6.03 Å². The largest absolute Gasteiger partial charge is 0.370 e. The highest BCUT2D eigenvalue weighted by molar-refractivity contribution is 9.10. The number of halogens is 2. The van der Waals surface area contributed by atoms with Gasteiger partial charge in [0.25, 0.3) is 0 Å². The molecule has 7 nitrogen and oxygen atoms in total. The fourth-order valence-electron chi connectivity index (χ4n) is 5.06. The van der Waals surface area contributed by atoms with Crippen LogP contribution in [0.25, 0.3) is 27.7 Å². The van der Waals surface area contributed by atoms with Gasteiger partial charge in [0.15, 0.2) is 5.65 Å². The Balaban J connectivity index is 1.18. The Hall–Kier alpha value is -3.62. The van der Waals surface area contributed by atoms with E-state index in [0.717, 1.165) is 57.4 Å². The Morgan fingerprint density at radius 2 is 1.89 bits per heavy atom. The summed E-state index contributed by atoms with van der Waals surface area (Å²) in [7, 11) is 0. The van der Waals surface area contributed by atoms with Crippen LogP contribution in [0.4, 0.5) is 16.3 Å². The molecule has 3 heterocycles. The normalized spacial score (nSPS) is 15.6. The third-order valence-corrected chi connectivity index (χ3v) is 7.88. The molecule has 0 spiro atoms. The number of benzene rings is 3. The van der Waals surface area contributed by atoms with E-state index >= 15 is 0 Å². The van der Waals surface area contributed by atoms with Gasteiger partial charge in [0, 0.05) is 41.7 Å². The molecule has 1 unspecified atom stereocenters. The standard InChI is InChI=1S/C29H26BrClN6O/c30-23-17-33-37-27(15-26(34-28(23)37)22-11-3-4-12-24(22)31)32-16-19-7-6-14-36(18-19)29(38)35-25-13-5-9-20-8-1-2-10-21(20)25/h1-5,8-13,15,17,19,32H,6-7,14,16,18H2,(H,35,38). The van der Waals surface area contributed by atoms with Gasteiger partial charge < -0.3 is 15.5 Å². The van der Waals surface area contributed by atoms with E-state index in [2.05, 4.69) is 43.8 Å². The van der Waals surface area contributed by atoms with E-state index in [4.69, 9.17) is 16.6 Å². The maximum absolute atomic E-state index is 13.2. The van der Waals surface area contributed by atoms with Gasteiger partial charge in [-0.05, 0) is 52.2 Å². The molecule has 1 aliphatic rings. The lowest BCUT2D eigenvalue weighted by Crippen LogP contribution is -2.44. The molecule has 192 valence electrons. The van der Waals surface area contributed by atoms with Gasteiger partial charge in [0.05, 0.1) is 22.1 Å². The van der Waals surface area contributed by atoms with Gasteiger partial charge in [-0.3, -0.25) is 0 Å². The molecule has 9 heteroatoms. The van der Waals surface area contributed by atoms with Crippen LogP contribution in [0.1, 0.15) is 12.8 Å². The molecule has 6 rings (SSSR count). The quantitative estimate of drug-likeness (QED) is 0.225. The number of nitrogens with one attached hydrogen (secondary N) is 2. The van der Waals surface area contributed by atoms with Crippen molar-refractivity contribution in [3.63, 3.8) is 0 Å². The number of anilines is 2. The average Bonchev–Trinajstić information content (AvgIpc) is 3.33. The summed E-state index contributed by atoms with van der Waals surface area (Å²) in [6, 6.07) is 23.7. The van der Waals surface area contributed by atoms with Gasteiger partial charge in [-0.2, -0.15) is 9.61 Å². The lowest BCUT2D eigenvalue weighted by Gasteiger charge is -2.33. The maximum Gasteiger partial charge on any atom is 0.321 e. The van der Waals surface area contributed by atoms with Crippen LogP contribution in [0.2, 0.25) is 5.02 Å². The number of carbonyl (C=O) groups excluding carboxylic acids is 1. The van der Waals surface area contributed by atoms with E-state index in [1.54, 1.807) is 10.7 Å². The van der Waals surface area contributed by atoms with Crippen LogP contribution in [-0.2, 0) is 0 Å². The maximum atomic E-state index is 13.2. The minimum Gasteiger partial charge on any atom is -0.370 e. The van der Waals surface area contributed by atoms with Gasteiger partial charge in [-0.15, -0.1) is 0 Å². The summed E-state index contributed by atoms with van der Waals surface area (Å²) in [6.45, 7) is 2.13. The molecular formula is C29H26BrClN6O. The Kier molecular flexibility index (Phi) is 6.91. The van der Waals surface area contributed by atoms with Crippen molar-refractivity contribution < 1.29 is 4.79 Å². The zero-order valence-electron chi connectivity index (χ0n) is 20.6. The van der Waals surface area contributed by atoms with Crippen LogP contribution >= 0.6 is 27.5 Å². The van der Waals surface area contributed by atoms with Crippen LogP contribution in [0.5, 0.6) is 0 Å². The van der Waals surface area contributed by atoms with Crippen molar-refractivity contribution in [1.82, 2.24) is 19.5 Å². The molecule has 0 radical (unpaired) electrons. The third-order valence-electron chi connectivity index (χ3n) is 6.99. The number of amides is 2. The van der Waals surface area contributed by atoms with Crippen molar-refractivity contribution in [3.05, 3.63) is 88.5 Å². The monoisotopic (exact) mass is 588 g/mol. The summed E-state index contributed by atoms with van der Waals surface area (Å²) in [5, 5.41) is 14.0. The third kappa shape index (κ3) is 4.93. The molecule has 2 aromatic heterocycles. The zero-order chi connectivity index (χ0) is 26.1. The molecule has 0 saturated carbocycles. The van der Waals surface area contributed by atoms with Crippen molar-refractivity contribution in [2.75, 3.05) is 30.3 Å². The molecule has 1 saturated heterocycles. The Labute approximate surface area is 233 Å². The van der Waals surface area contributed by atoms with Crippen molar-refractivity contribution in [2.24, 2.45) is 5.92 Å². The minimum absolute atomic E-state index is 0.0608. The fraction of sp³-hybridized carbons (Fsp3) is 0.207. The Morgan fingerprint density at radius 1 is 1.08 bits per heavy atom. The molecule has 1 aliphatic heterocycles. The molecular weight excluding hydrogens is 564 g/mol. The zero-order valence-corrected chi connectivity index (χ0v) is 22.9. The predicted octanol–water partition coefficient (Wildman–Crippen LogP) is 7.32. The van der Waals surface area contributed by atoms with E-state index in [9.17, 15) is 4.79 Å². The summed E-state index contributed by atoms with van der Waals surface area (Å²) in [5.74, 6) is 1.13. The number of likely N-dealkylation sites (tertiary alicyclic amines) is 1. The van der Waals surface area contributed by atoms with E-state index in [1.165, 1.54) is 0 Å². The van der Waals surface area contributed by atoms with Crippen LogP contribution in [0.3, 0.4) is 0 Å². The van der Waals surface area contributed by atoms with Crippen LogP contribution < -0.4 is 10.6 Å². The van der Waals surface area contributed by atoms with Crippen LogP contribution in [0, 0.1) is 5.92 Å². The predicted molar refractivity (Wildman–Crippen MR) is 157 cm³/mol. The summed E-state index contributed by atoms with van der Waals surface area (Å²) in [4.78, 5) is 19.9. The first-order valence-corrected chi connectivity index (χ1v) is 13.8. The first-order chi connectivity index (χ1) is 18.6. The highest BCUT2D eigenvalue weighted by Crippen LogP contribution is 2.31. The fourth-order valence-corrected chi connectivity index (χ4v) is 5.64. The molecule has 38 heavy (non-hydrogen) atoms. The number of aromatic nitrogens is 3. The van der Waals surface area contributed by atoms with Crippen LogP contribution in [0.15, 0.2) is 83.5 Å². The van der Waals surface area contributed by atoms with Gasteiger partial charge in [0.1, 0.15) is 5.82 Å². The second-order valence-electron chi connectivity index (χ2n) is 9.53. The van der Waals surface area contributed by atoms with Gasteiger partial charge in [-0.25, -0.2) is 9.78 Å². The summed E-state index contributed by atoms with van der Waals surface area (Å²) in [5.41, 5.74) is 3.18. The number of fused-ring (bicyclic) bond motifs is 2. The van der Waals surface area contributed by atoms with Gasteiger partial charge in [0.2, 0.25) is 0 Å².